The summed E-state index contributed by atoms with van der Waals surface area (Å²) < 4.78 is 5.42. The van der Waals surface area contributed by atoms with Crippen LogP contribution in [-0.4, -0.2) is 22.7 Å². The average Bonchev–Trinajstić information content (AvgIpc) is 2.84. The molecule has 2 heterocycles. The first-order valence-corrected chi connectivity index (χ1v) is 7.58. The number of aryl methyl sites for hydroxylation is 2. The van der Waals surface area contributed by atoms with Gasteiger partial charge in [-0.2, -0.15) is 0 Å². The molecule has 0 aliphatic carbocycles. The van der Waals surface area contributed by atoms with E-state index in [0.717, 1.165) is 11.3 Å². The Labute approximate surface area is 139 Å². The standard InChI is InChI=1S/C16H20ClN3O3/c1-10-6-13(11(2)23-10)16(3,22)9-20-15(21)19-8-12-4-5-14(17)18-7-12/h4-7,22H,8-9H2,1-3H3,(H2,19,20,21). The lowest BCUT2D eigenvalue weighted by atomic mass is 9.96. The molecule has 1 unspecified atom stereocenters. The molecule has 23 heavy (non-hydrogen) atoms. The van der Waals surface area contributed by atoms with Crippen LogP contribution in [0.25, 0.3) is 0 Å². The number of amides is 2. The van der Waals surface area contributed by atoms with Crippen molar-refractivity contribution >= 4 is 17.6 Å². The molecule has 0 saturated carbocycles. The maximum atomic E-state index is 11.8. The minimum Gasteiger partial charge on any atom is -0.466 e. The van der Waals surface area contributed by atoms with E-state index in [0.29, 0.717) is 23.0 Å². The largest absolute Gasteiger partial charge is 0.466 e. The Bertz CT molecular complexity index is 680. The van der Waals surface area contributed by atoms with Gasteiger partial charge in [0.25, 0.3) is 0 Å². The van der Waals surface area contributed by atoms with Gasteiger partial charge in [-0.25, -0.2) is 9.78 Å². The number of hydrogen-bond donors (Lipinski definition) is 3. The van der Waals surface area contributed by atoms with E-state index < -0.39 is 5.60 Å². The number of urea groups is 1. The van der Waals surface area contributed by atoms with Gasteiger partial charge < -0.3 is 20.2 Å². The topological polar surface area (TPSA) is 87.4 Å². The van der Waals surface area contributed by atoms with Crippen LogP contribution in [0, 0.1) is 13.8 Å². The van der Waals surface area contributed by atoms with Crippen LogP contribution in [0.4, 0.5) is 4.79 Å². The summed E-state index contributed by atoms with van der Waals surface area (Å²) >= 11 is 5.70. The monoisotopic (exact) mass is 337 g/mol. The highest BCUT2D eigenvalue weighted by Gasteiger charge is 2.28. The van der Waals surface area contributed by atoms with Crippen molar-refractivity contribution < 1.29 is 14.3 Å². The third kappa shape index (κ3) is 4.71. The van der Waals surface area contributed by atoms with E-state index in [9.17, 15) is 9.90 Å². The minimum absolute atomic E-state index is 0.0670. The number of rotatable bonds is 5. The van der Waals surface area contributed by atoms with E-state index in [4.69, 9.17) is 16.0 Å². The zero-order valence-electron chi connectivity index (χ0n) is 13.3. The number of carbonyl (C=O) groups excluding carboxylic acids is 1. The third-order valence-electron chi connectivity index (χ3n) is 3.46. The van der Waals surface area contributed by atoms with Crippen LogP contribution in [0.3, 0.4) is 0 Å². The molecule has 2 aromatic heterocycles. The lowest BCUT2D eigenvalue weighted by Crippen LogP contribution is -2.43. The molecule has 2 aromatic rings. The molecule has 0 bridgehead atoms. The first kappa shape index (κ1) is 17.3. The maximum Gasteiger partial charge on any atom is 0.315 e. The lowest BCUT2D eigenvalue weighted by Gasteiger charge is -2.23. The number of nitrogens with one attached hydrogen (secondary N) is 2. The molecular formula is C16H20ClN3O3. The fourth-order valence-electron chi connectivity index (χ4n) is 2.27. The van der Waals surface area contributed by atoms with E-state index in [1.165, 1.54) is 0 Å². The Morgan fingerprint density at radius 2 is 2.13 bits per heavy atom. The maximum absolute atomic E-state index is 11.8. The first-order chi connectivity index (χ1) is 10.8. The molecule has 0 spiro atoms. The summed E-state index contributed by atoms with van der Waals surface area (Å²) in [5.41, 5.74) is 0.288. The molecule has 0 fully saturated rings. The fourth-order valence-corrected chi connectivity index (χ4v) is 2.38. The van der Waals surface area contributed by atoms with Crippen molar-refractivity contribution in [1.82, 2.24) is 15.6 Å². The van der Waals surface area contributed by atoms with Gasteiger partial charge in [-0.15, -0.1) is 0 Å². The average molecular weight is 338 g/mol. The Morgan fingerprint density at radius 1 is 1.39 bits per heavy atom. The van der Waals surface area contributed by atoms with Crippen LogP contribution >= 0.6 is 11.6 Å². The zero-order chi connectivity index (χ0) is 17.0. The molecule has 2 rings (SSSR count). The smallest absolute Gasteiger partial charge is 0.315 e. The van der Waals surface area contributed by atoms with Crippen LogP contribution in [0.1, 0.15) is 29.6 Å². The highest BCUT2D eigenvalue weighted by atomic mass is 35.5. The Hall–Kier alpha value is -2.05. The molecule has 124 valence electrons. The second-order valence-electron chi connectivity index (χ2n) is 5.63. The van der Waals surface area contributed by atoms with Crippen molar-refractivity contribution in [3.05, 3.63) is 52.2 Å². The molecule has 1 atom stereocenters. The number of hydrogen-bond acceptors (Lipinski definition) is 4. The van der Waals surface area contributed by atoms with Crippen LogP contribution in [0.5, 0.6) is 0 Å². The van der Waals surface area contributed by atoms with Crippen molar-refractivity contribution in [2.45, 2.75) is 32.9 Å². The van der Waals surface area contributed by atoms with Gasteiger partial charge in [0.1, 0.15) is 22.3 Å². The van der Waals surface area contributed by atoms with Gasteiger partial charge in [-0.05, 0) is 38.5 Å². The van der Waals surface area contributed by atoms with Crippen LogP contribution in [0.15, 0.2) is 28.8 Å². The zero-order valence-corrected chi connectivity index (χ0v) is 14.1. The number of aliphatic hydroxyl groups is 1. The van der Waals surface area contributed by atoms with Crippen molar-refractivity contribution in [2.75, 3.05) is 6.54 Å². The fraction of sp³-hybridized carbons (Fsp3) is 0.375. The minimum atomic E-state index is -1.21. The molecule has 6 nitrogen and oxygen atoms in total. The lowest BCUT2D eigenvalue weighted by molar-refractivity contribution is 0.0579. The number of carbonyl (C=O) groups is 1. The molecular weight excluding hydrogens is 318 g/mol. The first-order valence-electron chi connectivity index (χ1n) is 7.20. The predicted molar refractivity (Wildman–Crippen MR) is 87.2 cm³/mol. The van der Waals surface area contributed by atoms with Crippen molar-refractivity contribution in [2.24, 2.45) is 0 Å². The van der Waals surface area contributed by atoms with E-state index in [1.54, 1.807) is 38.2 Å². The quantitative estimate of drug-likeness (QED) is 0.732. The second-order valence-corrected chi connectivity index (χ2v) is 6.01. The summed E-state index contributed by atoms with van der Waals surface area (Å²) in [4.78, 5) is 15.8. The van der Waals surface area contributed by atoms with Crippen molar-refractivity contribution in [3.63, 3.8) is 0 Å². The molecule has 7 heteroatoms. The Morgan fingerprint density at radius 3 is 2.70 bits per heavy atom. The summed E-state index contributed by atoms with van der Waals surface area (Å²) in [5, 5.41) is 16.3. The van der Waals surface area contributed by atoms with Gasteiger partial charge in [-0.3, -0.25) is 0 Å². The third-order valence-corrected chi connectivity index (χ3v) is 3.68. The summed E-state index contributed by atoms with van der Waals surface area (Å²) in [6.07, 6.45) is 1.59. The van der Waals surface area contributed by atoms with Gasteiger partial charge in [0.15, 0.2) is 0 Å². The van der Waals surface area contributed by atoms with Crippen molar-refractivity contribution in [3.8, 4) is 0 Å². The van der Waals surface area contributed by atoms with E-state index in [2.05, 4.69) is 15.6 Å². The van der Waals surface area contributed by atoms with Gasteiger partial charge in [0, 0.05) is 18.3 Å². The highest BCUT2D eigenvalue weighted by molar-refractivity contribution is 6.29. The molecule has 0 radical (unpaired) electrons. The molecule has 0 aliphatic heterocycles. The summed E-state index contributed by atoms with van der Waals surface area (Å²) in [7, 11) is 0. The SMILES string of the molecule is Cc1cc(C(C)(O)CNC(=O)NCc2ccc(Cl)nc2)c(C)o1. The molecule has 0 aromatic carbocycles. The number of aromatic nitrogens is 1. The van der Waals surface area contributed by atoms with E-state index >= 15 is 0 Å². The number of halogens is 1. The normalized spacial score (nSPS) is 13.4. The Kier molecular flexibility index (Phi) is 5.28. The van der Waals surface area contributed by atoms with Crippen LogP contribution in [0.2, 0.25) is 5.15 Å². The predicted octanol–water partition coefficient (Wildman–Crippen LogP) is 2.65. The summed E-state index contributed by atoms with van der Waals surface area (Å²) in [5.74, 6) is 1.36. The number of furan rings is 1. The van der Waals surface area contributed by atoms with Crippen LogP contribution in [-0.2, 0) is 12.1 Å². The Balaban J connectivity index is 1.86. The number of nitrogens with zero attached hydrogens (tertiary/aromatic N) is 1. The second kappa shape index (κ2) is 7.02. The van der Waals surface area contributed by atoms with Crippen molar-refractivity contribution in [1.29, 1.82) is 0 Å². The molecule has 0 saturated heterocycles. The summed E-state index contributed by atoms with van der Waals surface area (Å²) in [6.45, 7) is 5.62. The molecule has 3 N–H and O–H groups in total. The van der Waals surface area contributed by atoms with Gasteiger partial charge >= 0.3 is 6.03 Å². The van der Waals surface area contributed by atoms with Gasteiger partial charge in [-0.1, -0.05) is 17.7 Å². The summed E-state index contributed by atoms with van der Waals surface area (Å²) in [6, 6.07) is 4.83. The van der Waals surface area contributed by atoms with E-state index in [1.807, 2.05) is 6.92 Å². The van der Waals surface area contributed by atoms with Gasteiger partial charge in [0.05, 0.1) is 6.54 Å². The van der Waals surface area contributed by atoms with Crippen LogP contribution < -0.4 is 10.6 Å². The number of pyridine rings is 1. The van der Waals surface area contributed by atoms with Gasteiger partial charge in [0.2, 0.25) is 0 Å². The van der Waals surface area contributed by atoms with E-state index in [-0.39, 0.29) is 12.6 Å². The molecule has 2 amide bonds. The highest BCUT2D eigenvalue weighted by Crippen LogP contribution is 2.26. The molecule has 0 aliphatic rings.